The van der Waals surface area contributed by atoms with Gasteiger partial charge in [0.1, 0.15) is 0 Å². The molecule has 4 heteroatoms. The first-order valence-electron chi connectivity index (χ1n) is 20.4. The van der Waals surface area contributed by atoms with Gasteiger partial charge >= 0.3 is 0 Å². The van der Waals surface area contributed by atoms with Gasteiger partial charge in [-0.25, -0.2) is 0 Å². The normalized spacial score (nSPS) is 14.8. The van der Waals surface area contributed by atoms with Crippen LogP contribution in [0, 0.1) is 0 Å². The Hall–Kier alpha value is -6.85. The molecule has 8 aromatic carbocycles. The number of benzene rings is 8. The highest BCUT2D eigenvalue weighted by molar-refractivity contribution is 8.03. The summed E-state index contributed by atoms with van der Waals surface area (Å²) < 4.78 is 4.93. The zero-order chi connectivity index (χ0) is 38.9. The molecular weight excluding hydrogens is 749 g/mol. The number of nitrogens with zero attached hydrogens (tertiary/aromatic N) is 2. The van der Waals surface area contributed by atoms with E-state index >= 15 is 0 Å². The van der Waals surface area contributed by atoms with E-state index in [1.165, 1.54) is 91.1 Å². The molecule has 0 spiro atoms. The maximum absolute atomic E-state index is 2.97. The molecule has 0 amide bonds. The summed E-state index contributed by atoms with van der Waals surface area (Å²) in [6, 6.07) is 72.7. The van der Waals surface area contributed by atoms with E-state index in [4.69, 9.17) is 0 Å². The highest BCUT2D eigenvalue weighted by atomic mass is 32.2. The summed E-state index contributed by atoms with van der Waals surface area (Å²) in [6.07, 6.45) is 11.4. The first kappa shape index (κ1) is 34.2. The largest absolute Gasteiger partial charge is 0.309 e. The van der Waals surface area contributed by atoms with Crippen molar-refractivity contribution in [3.8, 4) is 11.4 Å². The van der Waals surface area contributed by atoms with Crippen molar-refractivity contribution < 1.29 is 0 Å². The average Bonchev–Trinajstić information content (AvgIpc) is 3.75. The monoisotopic (exact) mass is 786 g/mol. The van der Waals surface area contributed by atoms with Crippen molar-refractivity contribution in [1.29, 1.82) is 0 Å². The lowest BCUT2D eigenvalue weighted by Gasteiger charge is -2.35. The molecule has 0 saturated carbocycles. The van der Waals surface area contributed by atoms with Crippen molar-refractivity contribution in [2.75, 3.05) is 0 Å². The van der Waals surface area contributed by atoms with Crippen LogP contribution in [0.1, 0.15) is 11.5 Å². The third-order valence-corrected chi connectivity index (χ3v) is 18.4. The van der Waals surface area contributed by atoms with Crippen LogP contribution in [0.2, 0.25) is 0 Å². The van der Waals surface area contributed by atoms with Gasteiger partial charge in [-0.15, -0.1) is 0 Å². The molecule has 1 aliphatic heterocycles. The highest BCUT2D eigenvalue weighted by Crippen LogP contribution is 2.48. The number of thioether (sulfide) groups is 1. The Morgan fingerprint density at radius 1 is 0.424 bits per heavy atom. The zero-order valence-electron chi connectivity index (χ0n) is 32.2. The number of hydrogen-bond donors (Lipinski definition) is 0. The third kappa shape index (κ3) is 5.13. The number of aromatic nitrogens is 2. The van der Waals surface area contributed by atoms with E-state index in [0.717, 1.165) is 0 Å². The average molecular weight is 787 g/mol. The van der Waals surface area contributed by atoms with Crippen LogP contribution in [-0.4, -0.2) is 17.2 Å². The number of rotatable bonds is 6. The minimum atomic E-state index is -2.97. The van der Waals surface area contributed by atoms with Gasteiger partial charge in [0, 0.05) is 48.6 Å². The molecule has 0 saturated heterocycles. The molecule has 12 rings (SSSR count). The predicted octanol–water partition coefficient (Wildman–Crippen LogP) is 11.5. The van der Waals surface area contributed by atoms with Crippen LogP contribution >= 0.6 is 11.8 Å². The van der Waals surface area contributed by atoms with Gasteiger partial charge in [0.05, 0.1) is 22.1 Å². The van der Waals surface area contributed by atoms with Gasteiger partial charge in [0.15, 0.2) is 8.07 Å². The Bertz CT molecular complexity index is 3300. The highest BCUT2D eigenvalue weighted by Gasteiger charge is 2.43. The van der Waals surface area contributed by atoms with Crippen LogP contribution in [0.15, 0.2) is 234 Å². The lowest BCUT2D eigenvalue weighted by atomic mass is 9.93. The maximum atomic E-state index is 2.49. The van der Waals surface area contributed by atoms with E-state index in [1.54, 1.807) is 0 Å². The summed E-state index contributed by atoms with van der Waals surface area (Å²) in [5.74, 6) is 0.237. The van der Waals surface area contributed by atoms with Crippen LogP contribution in [-0.2, 0) is 0 Å². The van der Waals surface area contributed by atoms with Gasteiger partial charge in [0.25, 0.3) is 0 Å². The second kappa shape index (κ2) is 13.6. The van der Waals surface area contributed by atoms with Crippen molar-refractivity contribution in [1.82, 2.24) is 9.13 Å². The molecule has 0 fully saturated rings. The van der Waals surface area contributed by atoms with Gasteiger partial charge < -0.3 is 9.13 Å². The van der Waals surface area contributed by atoms with E-state index < -0.39 is 8.07 Å². The second-order valence-corrected chi connectivity index (χ2v) is 20.5. The topological polar surface area (TPSA) is 9.86 Å². The van der Waals surface area contributed by atoms with Crippen LogP contribution in [0.4, 0.5) is 0 Å². The first-order chi connectivity index (χ1) is 29.3. The molecule has 0 radical (unpaired) electrons. The van der Waals surface area contributed by atoms with Crippen LogP contribution < -0.4 is 20.7 Å². The molecule has 0 N–H and O–H groups in total. The Morgan fingerprint density at radius 3 is 1.64 bits per heavy atom. The second-order valence-electron chi connectivity index (χ2n) is 15.6. The minimum Gasteiger partial charge on any atom is -0.309 e. The summed E-state index contributed by atoms with van der Waals surface area (Å²) in [4.78, 5) is 2.66. The molecule has 2 nitrogen and oxygen atoms in total. The van der Waals surface area contributed by atoms with Crippen LogP contribution in [0.3, 0.4) is 0 Å². The predicted molar refractivity (Wildman–Crippen MR) is 254 cm³/mol. The number of para-hydroxylation sites is 3. The van der Waals surface area contributed by atoms with Crippen molar-refractivity contribution in [2.45, 2.75) is 10.8 Å². The number of fused-ring (bicyclic) bond motifs is 10. The fourth-order valence-corrected chi connectivity index (χ4v) is 16.2. The van der Waals surface area contributed by atoms with Crippen LogP contribution in [0.25, 0.3) is 55.0 Å². The molecule has 1 unspecified atom stereocenters. The summed E-state index contributed by atoms with van der Waals surface area (Å²) >= 11 is 1.88. The third-order valence-electron chi connectivity index (χ3n) is 12.5. The zero-order valence-corrected chi connectivity index (χ0v) is 34.1. The first-order valence-corrected chi connectivity index (χ1v) is 23.2. The fraction of sp³-hybridized carbons (Fsp3) is 0.0182. The van der Waals surface area contributed by atoms with E-state index in [0.29, 0.717) is 0 Å². The van der Waals surface area contributed by atoms with Crippen molar-refractivity contribution in [3.63, 3.8) is 0 Å². The molecule has 1 aliphatic carbocycles. The number of allylic oxidation sites excluding steroid dienone is 5. The summed E-state index contributed by atoms with van der Waals surface area (Å²) in [6.45, 7) is 0. The summed E-state index contributed by atoms with van der Waals surface area (Å²) in [5, 5.41) is 10.7. The van der Waals surface area contributed by atoms with Gasteiger partial charge in [-0.3, -0.25) is 0 Å². The summed E-state index contributed by atoms with van der Waals surface area (Å²) in [7, 11) is -2.97. The van der Waals surface area contributed by atoms with E-state index in [2.05, 4.69) is 234 Å². The minimum absolute atomic E-state index is 0.237. The van der Waals surface area contributed by atoms with Gasteiger partial charge in [-0.1, -0.05) is 176 Å². The van der Waals surface area contributed by atoms with Crippen molar-refractivity contribution in [3.05, 3.63) is 235 Å². The standard InChI is InChI=1S/C55H38N2SSi/c1-4-18-39(19-5-1)56-47-27-14-12-25-45(47)54-49(56)29-16-30-52(54)59(42-21-6-2-7-22-42,43-23-8-3-9-24-43)44-33-31-40(32-34-44)57-48-28-15-13-26-46(48)55-50(57)35-36-51-53(55)38-17-10-11-20-41(37-38)58-51/h1-38H. The smallest absolute Gasteiger partial charge is 0.180 e. The molecule has 10 aromatic rings. The molecule has 278 valence electrons. The molecule has 2 aliphatic rings. The molecule has 3 heterocycles. The lowest BCUT2D eigenvalue weighted by Crippen LogP contribution is -2.74. The Morgan fingerprint density at radius 2 is 0.966 bits per heavy atom. The van der Waals surface area contributed by atoms with Gasteiger partial charge in [-0.05, 0) is 87.0 Å². The lowest BCUT2D eigenvalue weighted by molar-refractivity contribution is 1.04. The fourth-order valence-electron chi connectivity index (χ4n) is 10.2. The van der Waals surface area contributed by atoms with Crippen LogP contribution in [0.5, 0.6) is 0 Å². The summed E-state index contributed by atoms with van der Waals surface area (Å²) in [5.41, 5.74) is 8.66. The molecular formula is C55H38N2SSi. The molecule has 2 aromatic heterocycles. The van der Waals surface area contributed by atoms with Crippen molar-refractivity contribution >= 4 is 84.2 Å². The molecule has 2 bridgehead atoms. The molecule has 1 atom stereocenters. The van der Waals surface area contributed by atoms with Crippen molar-refractivity contribution in [2.24, 2.45) is 0 Å². The Kier molecular flexibility index (Phi) is 7.90. The maximum Gasteiger partial charge on any atom is 0.180 e. The van der Waals surface area contributed by atoms with E-state index in [-0.39, 0.29) is 5.92 Å². The SMILES string of the molecule is C1=CC2=CC(C=C1)c1c(ccc3c1c1ccccc1n3-c1ccc([Si](c3ccccc3)(c3ccccc3)c3cccc4c3c3ccccc3n4-c3ccccc3)cc1)S2. The Balaban J connectivity index is 1.13. The quantitative estimate of drug-likeness (QED) is 0.121. The molecule has 59 heavy (non-hydrogen) atoms. The Labute approximate surface area is 348 Å². The van der Waals surface area contributed by atoms with E-state index in [1.807, 2.05) is 11.8 Å². The number of hydrogen-bond acceptors (Lipinski definition) is 1. The van der Waals surface area contributed by atoms with Gasteiger partial charge in [-0.2, -0.15) is 0 Å². The van der Waals surface area contributed by atoms with E-state index in [9.17, 15) is 0 Å². The van der Waals surface area contributed by atoms with Gasteiger partial charge in [0.2, 0.25) is 0 Å².